The van der Waals surface area contributed by atoms with E-state index in [2.05, 4.69) is 76.5 Å². The lowest BCUT2D eigenvalue weighted by Gasteiger charge is -2.24. The van der Waals surface area contributed by atoms with E-state index >= 15 is 0 Å². The summed E-state index contributed by atoms with van der Waals surface area (Å²) in [6.45, 7) is 10.2. The summed E-state index contributed by atoms with van der Waals surface area (Å²) in [5, 5.41) is 3.07. The molecular weight excluding hydrogens is 490 g/mol. The van der Waals surface area contributed by atoms with E-state index in [9.17, 15) is 4.79 Å². The van der Waals surface area contributed by atoms with Crippen LogP contribution in [0.2, 0.25) is 0 Å². The van der Waals surface area contributed by atoms with Crippen molar-refractivity contribution in [2.24, 2.45) is 0 Å². The molecule has 2 atom stereocenters. The van der Waals surface area contributed by atoms with Gasteiger partial charge in [-0.2, -0.15) is 0 Å². The average molecular weight is 522 g/mol. The van der Waals surface area contributed by atoms with Gasteiger partial charge >= 0.3 is 6.09 Å². The van der Waals surface area contributed by atoms with Gasteiger partial charge in [-0.3, -0.25) is 0 Å². The minimum Gasteiger partial charge on any atom is -0.444 e. The van der Waals surface area contributed by atoms with Gasteiger partial charge in [0, 0.05) is 21.8 Å². The van der Waals surface area contributed by atoms with E-state index in [1.54, 1.807) is 0 Å². The van der Waals surface area contributed by atoms with Crippen molar-refractivity contribution in [2.75, 3.05) is 0 Å². The molecular formula is C28H32BrN3O2. The highest BCUT2D eigenvalue weighted by Gasteiger charge is 2.36. The van der Waals surface area contributed by atoms with Gasteiger partial charge in [-0.25, -0.2) is 9.78 Å². The predicted molar refractivity (Wildman–Crippen MR) is 139 cm³/mol. The van der Waals surface area contributed by atoms with Crippen molar-refractivity contribution in [3.05, 3.63) is 64.0 Å². The summed E-state index contributed by atoms with van der Waals surface area (Å²) in [5.41, 5.74) is 6.85. The standard InChI is InChI=1S/C28H32BrN3O2/c1-27(2,3)34-26(33)32-23-8-6-7-20(23)25-30-15-24(31-25)16-9-11-18-19-12-10-17(29)14-22(19)28(4,5)21(18)13-16/h9-15,20,23H,6-8H2,1-5H3,(H,30,31)(H,32,33). The number of H-pyrrole nitrogens is 1. The molecule has 1 aromatic heterocycles. The Morgan fingerprint density at radius 1 is 1.12 bits per heavy atom. The fourth-order valence-corrected chi connectivity index (χ4v) is 5.83. The number of carbonyl (C=O) groups is 1. The Morgan fingerprint density at radius 3 is 2.56 bits per heavy atom. The Morgan fingerprint density at radius 2 is 1.82 bits per heavy atom. The number of imidazole rings is 1. The number of hydrogen-bond donors (Lipinski definition) is 2. The van der Waals surface area contributed by atoms with Gasteiger partial charge in [0.2, 0.25) is 0 Å². The minimum absolute atomic E-state index is 0.0285. The highest BCUT2D eigenvalue weighted by Crippen LogP contribution is 2.50. The molecule has 178 valence electrons. The first-order valence-corrected chi connectivity index (χ1v) is 12.8. The number of aromatic amines is 1. The van der Waals surface area contributed by atoms with Crippen molar-refractivity contribution < 1.29 is 9.53 Å². The van der Waals surface area contributed by atoms with Crippen LogP contribution in [0, 0.1) is 0 Å². The number of nitrogens with zero attached hydrogens (tertiary/aromatic N) is 1. The summed E-state index contributed by atoms with van der Waals surface area (Å²) in [4.78, 5) is 20.6. The smallest absolute Gasteiger partial charge is 0.407 e. The molecule has 0 radical (unpaired) electrons. The third-order valence-electron chi connectivity index (χ3n) is 7.11. The van der Waals surface area contributed by atoms with Gasteiger partial charge in [0.05, 0.1) is 11.9 Å². The van der Waals surface area contributed by atoms with Crippen molar-refractivity contribution in [1.29, 1.82) is 0 Å². The third-order valence-corrected chi connectivity index (χ3v) is 7.61. The molecule has 0 aliphatic heterocycles. The Bertz CT molecular complexity index is 1250. The average Bonchev–Trinajstić information content (AvgIpc) is 3.45. The van der Waals surface area contributed by atoms with Crippen LogP contribution < -0.4 is 5.32 Å². The van der Waals surface area contributed by atoms with Crippen LogP contribution in [0.4, 0.5) is 4.79 Å². The highest BCUT2D eigenvalue weighted by atomic mass is 79.9. The summed E-state index contributed by atoms with van der Waals surface area (Å²) in [5.74, 6) is 1.09. The number of ether oxygens (including phenoxy) is 1. The molecule has 2 aliphatic rings. The summed E-state index contributed by atoms with van der Waals surface area (Å²) in [7, 11) is 0. The third kappa shape index (κ3) is 4.17. The first-order valence-electron chi connectivity index (χ1n) is 12.0. The summed E-state index contributed by atoms with van der Waals surface area (Å²) in [6.07, 6.45) is 4.55. The van der Waals surface area contributed by atoms with Crippen molar-refractivity contribution >= 4 is 22.0 Å². The van der Waals surface area contributed by atoms with Crippen molar-refractivity contribution in [3.8, 4) is 22.4 Å². The number of aromatic nitrogens is 2. The van der Waals surface area contributed by atoms with E-state index in [1.165, 1.54) is 22.3 Å². The van der Waals surface area contributed by atoms with Crippen LogP contribution >= 0.6 is 15.9 Å². The minimum atomic E-state index is -0.507. The monoisotopic (exact) mass is 521 g/mol. The summed E-state index contributed by atoms with van der Waals surface area (Å²) >= 11 is 3.63. The second-order valence-electron chi connectivity index (χ2n) is 11.0. The topological polar surface area (TPSA) is 67.0 Å². The lowest BCUT2D eigenvalue weighted by atomic mass is 9.82. The second-order valence-corrected chi connectivity index (χ2v) is 12.0. The lowest BCUT2D eigenvalue weighted by molar-refractivity contribution is 0.0500. The maximum atomic E-state index is 12.3. The molecule has 1 fully saturated rings. The van der Waals surface area contributed by atoms with Crippen LogP contribution in [0.3, 0.4) is 0 Å². The second kappa shape index (κ2) is 8.26. The molecule has 2 N–H and O–H groups in total. The molecule has 6 heteroatoms. The van der Waals surface area contributed by atoms with Crippen LogP contribution in [-0.2, 0) is 10.2 Å². The fourth-order valence-electron chi connectivity index (χ4n) is 5.47. The molecule has 1 heterocycles. The quantitative estimate of drug-likeness (QED) is 0.379. The first kappa shape index (κ1) is 23.2. The molecule has 2 aromatic carbocycles. The maximum Gasteiger partial charge on any atom is 0.407 e. The van der Waals surface area contributed by atoms with Crippen LogP contribution in [-0.4, -0.2) is 27.7 Å². The van der Waals surface area contributed by atoms with Gasteiger partial charge in [0.15, 0.2) is 0 Å². The Labute approximate surface area is 209 Å². The molecule has 0 spiro atoms. The molecule has 2 unspecified atom stereocenters. The van der Waals surface area contributed by atoms with Crippen LogP contribution in [0.5, 0.6) is 0 Å². The van der Waals surface area contributed by atoms with Gasteiger partial charge < -0.3 is 15.0 Å². The maximum absolute atomic E-state index is 12.3. The Balaban J connectivity index is 1.39. The molecule has 3 aromatic rings. The molecule has 1 amide bonds. The van der Waals surface area contributed by atoms with E-state index in [0.29, 0.717) is 0 Å². The van der Waals surface area contributed by atoms with Gasteiger partial charge in [-0.05, 0) is 79.6 Å². The number of halogens is 1. The number of alkyl carbamates (subject to hydrolysis) is 1. The summed E-state index contributed by atoms with van der Waals surface area (Å²) in [6, 6.07) is 13.3. The first-order chi connectivity index (χ1) is 16.0. The van der Waals surface area contributed by atoms with E-state index in [0.717, 1.165) is 40.8 Å². The molecule has 34 heavy (non-hydrogen) atoms. The Hall–Kier alpha value is -2.60. The van der Waals surface area contributed by atoms with Crippen molar-refractivity contribution in [1.82, 2.24) is 15.3 Å². The van der Waals surface area contributed by atoms with E-state index in [1.807, 2.05) is 27.0 Å². The molecule has 5 nitrogen and oxygen atoms in total. The zero-order chi connectivity index (χ0) is 24.3. The van der Waals surface area contributed by atoms with Crippen molar-refractivity contribution in [2.45, 2.75) is 76.9 Å². The van der Waals surface area contributed by atoms with Crippen LogP contribution in [0.25, 0.3) is 22.4 Å². The number of benzene rings is 2. The molecule has 5 rings (SSSR count). The number of amides is 1. The van der Waals surface area contributed by atoms with Gasteiger partial charge in [-0.15, -0.1) is 0 Å². The predicted octanol–water partition coefficient (Wildman–Crippen LogP) is 7.31. The molecule has 1 saturated carbocycles. The zero-order valence-electron chi connectivity index (χ0n) is 20.5. The number of rotatable bonds is 3. The molecule has 0 saturated heterocycles. The zero-order valence-corrected chi connectivity index (χ0v) is 22.0. The van der Waals surface area contributed by atoms with E-state index in [-0.39, 0.29) is 23.5 Å². The SMILES string of the molecule is CC(C)(C)OC(=O)NC1CCCC1c1ncc(-c2ccc3c(c2)C(C)(C)c2cc(Br)ccc2-3)[nH]1. The largest absolute Gasteiger partial charge is 0.444 e. The number of hydrogen-bond acceptors (Lipinski definition) is 3. The summed E-state index contributed by atoms with van der Waals surface area (Å²) < 4.78 is 6.58. The Kier molecular flexibility index (Phi) is 5.63. The number of fused-ring (bicyclic) bond motifs is 3. The van der Waals surface area contributed by atoms with E-state index < -0.39 is 5.60 Å². The number of carbonyl (C=O) groups excluding carboxylic acids is 1. The fraction of sp³-hybridized carbons (Fsp3) is 0.429. The van der Waals surface area contributed by atoms with Crippen molar-refractivity contribution in [3.63, 3.8) is 0 Å². The normalized spacial score (nSPS) is 20.6. The lowest BCUT2D eigenvalue weighted by Crippen LogP contribution is -2.40. The van der Waals surface area contributed by atoms with Gasteiger partial charge in [0.25, 0.3) is 0 Å². The van der Waals surface area contributed by atoms with Gasteiger partial charge in [0.1, 0.15) is 11.4 Å². The van der Waals surface area contributed by atoms with Gasteiger partial charge in [-0.1, -0.05) is 54.4 Å². The van der Waals surface area contributed by atoms with Crippen LogP contribution in [0.15, 0.2) is 47.1 Å². The molecule has 0 bridgehead atoms. The highest BCUT2D eigenvalue weighted by molar-refractivity contribution is 9.10. The van der Waals surface area contributed by atoms with E-state index in [4.69, 9.17) is 9.72 Å². The van der Waals surface area contributed by atoms with Crippen LogP contribution in [0.1, 0.15) is 76.8 Å². The molecule has 2 aliphatic carbocycles. The number of nitrogens with one attached hydrogen (secondary N) is 2.